The van der Waals surface area contributed by atoms with E-state index in [1.165, 1.54) is 0 Å². The van der Waals surface area contributed by atoms with Crippen molar-refractivity contribution >= 4 is 18.3 Å². The second-order valence-corrected chi connectivity index (χ2v) is 6.50. The van der Waals surface area contributed by atoms with E-state index in [0.29, 0.717) is 30.4 Å². The lowest BCUT2D eigenvalue weighted by Crippen LogP contribution is -2.45. The second-order valence-electron chi connectivity index (χ2n) is 6.50. The number of carbonyl (C=O) groups is 1. The first-order chi connectivity index (χ1) is 12.7. The zero-order valence-electron chi connectivity index (χ0n) is 15.3. The van der Waals surface area contributed by atoms with Crippen molar-refractivity contribution in [2.24, 2.45) is 11.7 Å². The Bertz CT molecular complexity index is 712. The molecule has 2 aromatic heterocycles. The number of H-pyrrole nitrogens is 1. The number of rotatable bonds is 7. The molecular formula is C17H26ClN7O2. The number of amides is 1. The first-order valence-electron chi connectivity index (χ1n) is 9.00. The van der Waals surface area contributed by atoms with Crippen LogP contribution in [-0.4, -0.2) is 49.8 Å². The Kier molecular flexibility index (Phi) is 8.08. The molecule has 0 saturated heterocycles. The van der Waals surface area contributed by atoms with Gasteiger partial charge in [0, 0.05) is 31.0 Å². The zero-order chi connectivity index (χ0) is 18.4. The highest BCUT2D eigenvalue weighted by Gasteiger charge is 2.32. The predicted octanol–water partition coefficient (Wildman–Crippen LogP) is 1.22. The molecule has 3 atom stereocenters. The van der Waals surface area contributed by atoms with Gasteiger partial charge in [0.25, 0.3) is 0 Å². The maximum absolute atomic E-state index is 12.5. The topological polar surface area (TPSA) is 132 Å². The Morgan fingerprint density at radius 2 is 2.26 bits per heavy atom. The van der Waals surface area contributed by atoms with Crippen molar-refractivity contribution in [2.45, 2.75) is 51.3 Å². The molecule has 0 aliphatic heterocycles. The number of hydrogen-bond donors (Lipinski definition) is 3. The highest BCUT2D eigenvalue weighted by Crippen LogP contribution is 2.26. The minimum Gasteiger partial charge on any atom is -0.377 e. The van der Waals surface area contributed by atoms with Gasteiger partial charge in [-0.1, -0.05) is 6.92 Å². The summed E-state index contributed by atoms with van der Waals surface area (Å²) in [6.07, 6.45) is 7.89. The molecular weight excluding hydrogens is 370 g/mol. The molecule has 1 aliphatic rings. The molecule has 1 amide bonds. The summed E-state index contributed by atoms with van der Waals surface area (Å²) in [5.41, 5.74) is 6.70. The number of carbonyl (C=O) groups excluding carboxylic acids is 1. The van der Waals surface area contributed by atoms with Crippen LogP contribution in [0.25, 0.3) is 11.5 Å². The largest absolute Gasteiger partial charge is 0.377 e. The third kappa shape index (κ3) is 5.69. The van der Waals surface area contributed by atoms with E-state index in [2.05, 4.69) is 37.4 Å². The summed E-state index contributed by atoms with van der Waals surface area (Å²) in [6, 6.07) is 0.00872. The summed E-state index contributed by atoms with van der Waals surface area (Å²) < 4.78 is 5.79. The van der Waals surface area contributed by atoms with E-state index in [9.17, 15) is 4.79 Å². The number of nitrogens with one attached hydrogen (secondary N) is 2. The van der Waals surface area contributed by atoms with E-state index in [0.717, 1.165) is 19.3 Å². The van der Waals surface area contributed by atoms with Crippen LogP contribution in [0.3, 0.4) is 0 Å². The van der Waals surface area contributed by atoms with E-state index >= 15 is 0 Å². The van der Waals surface area contributed by atoms with Crippen molar-refractivity contribution in [1.82, 2.24) is 30.5 Å². The van der Waals surface area contributed by atoms with E-state index in [-0.39, 0.29) is 42.9 Å². The number of hydrogen-bond acceptors (Lipinski definition) is 7. The average Bonchev–Trinajstić information content (AvgIpc) is 3.15. The summed E-state index contributed by atoms with van der Waals surface area (Å²) in [5, 5.41) is 9.84. The molecule has 27 heavy (non-hydrogen) atoms. The van der Waals surface area contributed by atoms with Crippen LogP contribution in [0, 0.1) is 5.92 Å². The number of aromatic amines is 1. The first kappa shape index (κ1) is 21.2. The predicted molar refractivity (Wildman–Crippen MR) is 102 cm³/mol. The summed E-state index contributed by atoms with van der Waals surface area (Å²) in [7, 11) is 0. The van der Waals surface area contributed by atoms with Crippen LogP contribution in [0.5, 0.6) is 0 Å². The van der Waals surface area contributed by atoms with Gasteiger partial charge in [0.15, 0.2) is 0 Å². The normalized spacial score (nSPS) is 22.1. The van der Waals surface area contributed by atoms with Crippen LogP contribution in [0.2, 0.25) is 0 Å². The van der Waals surface area contributed by atoms with Gasteiger partial charge < -0.3 is 15.8 Å². The molecule has 0 bridgehead atoms. The van der Waals surface area contributed by atoms with Gasteiger partial charge in [-0.25, -0.2) is 9.97 Å². The van der Waals surface area contributed by atoms with Crippen molar-refractivity contribution in [3.05, 3.63) is 24.4 Å². The van der Waals surface area contributed by atoms with Gasteiger partial charge in [-0.3, -0.25) is 14.9 Å². The van der Waals surface area contributed by atoms with Gasteiger partial charge >= 0.3 is 0 Å². The molecule has 4 N–H and O–H groups in total. The van der Waals surface area contributed by atoms with Crippen LogP contribution in [0.1, 0.15) is 38.4 Å². The van der Waals surface area contributed by atoms with Crippen molar-refractivity contribution in [2.75, 3.05) is 6.61 Å². The Morgan fingerprint density at radius 1 is 1.41 bits per heavy atom. The van der Waals surface area contributed by atoms with Crippen molar-refractivity contribution in [3.63, 3.8) is 0 Å². The Morgan fingerprint density at radius 3 is 3.00 bits per heavy atom. The number of nitrogens with two attached hydrogens (primary N) is 1. The van der Waals surface area contributed by atoms with Crippen LogP contribution in [-0.2, 0) is 16.1 Å². The van der Waals surface area contributed by atoms with Gasteiger partial charge in [-0.15, -0.1) is 12.4 Å². The Balaban J connectivity index is 0.00000261. The van der Waals surface area contributed by atoms with E-state index in [1.54, 1.807) is 18.6 Å². The standard InChI is InChI=1S/C17H25N7O2.ClH/c1-2-7-26-14-8-11(3-4-12(14)18)17(25)21-10-15-22-16(24-23-15)13-9-19-5-6-20-13;/h5-6,9,11-12,14H,2-4,7-8,10,18H2,1H3,(H,21,25)(H,22,23,24);1H/t11-,12-,14-;/m0./s1. The third-order valence-corrected chi connectivity index (χ3v) is 4.50. The Hall–Kier alpha value is -2.10. The molecule has 148 valence electrons. The van der Waals surface area contributed by atoms with Crippen molar-refractivity contribution in [1.29, 1.82) is 0 Å². The minimum absolute atomic E-state index is 0. The fourth-order valence-corrected chi connectivity index (χ4v) is 3.07. The fourth-order valence-electron chi connectivity index (χ4n) is 3.07. The zero-order valence-corrected chi connectivity index (χ0v) is 16.1. The minimum atomic E-state index is -0.0842. The highest BCUT2D eigenvalue weighted by atomic mass is 35.5. The van der Waals surface area contributed by atoms with Crippen LogP contribution in [0.15, 0.2) is 18.6 Å². The van der Waals surface area contributed by atoms with E-state index in [4.69, 9.17) is 10.5 Å². The lowest BCUT2D eigenvalue weighted by atomic mass is 9.83. The van der Waals surface area contributed by atoms with E-state index < -0.39 is 0 Å². The lowest BCUT2D eigenvalue weighted by molar-refractivity contribution is -0.128. The molecule has 2 heterocycles. The summed E-state index contributed by atoms with van der Waals surface area (Å²) in [5.74, 6) is 0.947. The molecule has 1 saturated carbocycles. The molecule has 0 aromatic carbocycles. The van der Waals surface area contributed by atoms with E-state index in [1.807, 2.05) is 0 Å². The van der Waals surface area contributed by atoms with Gasteiger partial charge in [-0.05, 0) is 25.7 Å². The SMILES string of the molecule is CCCO[C@H]1C[C@@H](C(=O)NCc2nc(-c3cnccn3)n[nH]2)CC[C@@H]1N.Cl. The number of aromatic nitrogens is 5. The van der Waals surface area contributed by atoms with Crippen LogP contribution >= 0.6 is 12.4 Å². The first-order valence-corrected chi connectivity index (χ1v) is 9.00. The molecule has 9 nitrogen and oxygen atoms in total. The lowest BCUT2D eigenvalue weighted by Gasteiger charge is -2.33. The molecule has 1 fully saturated rings. The maximum Gasteiger partial charge on any atom is 0.223 e. The van der Waals surface area contributed by atoms with Crippen LogP contribution in [0.4, 0.5) is 0 Å². The maximum atomic E-state index is 12.5. The number of halogens is 1. The van der Waals surface area contributed by atoms with Crippen molar-refractivity contribution < 1.29 is 9.53 Å². The van der Waals surface area contributed by atoms with Crippen LogP contribution < -0.4 is 11.1 Å². The van der Waals surface area contributed by atoms with Gasteiger partial charge in [0.2, 0.25) is 11.7 Å². The number of nitrogens with zero attached hydrogens (tertiary/aromatic N) is 4. The van der Waals surface area contributed by atoms with Gasteiger partial charge in [0.1, 0.15) is 11.5 Å². The third-order valence-electron chi connectivity index (χ3n) is 4.50. The smallest absolute Gasteiger partial charge is 0.223 e. The second kappa shape index (κ2) is 10.3. The summed E-state index contributed by atoms with van der Waals surface area (Å²) in [6.45, 7) is 3.02. The van der Waals surface area contributed by atoms with Gasteiger partial charge in [-0.2, -0.15) is 5.10 Å². The number of ether oxygens (including phenoxy) is 1. The fraction of sp³-hybridized carbons (Fsp3) is 0.588. The molecule has 10 heteroatoms. The Labute approximate surface area is 164 Å². The molecule has 0 spiro atoms. The van der Waals surface area contributed by atoms with Crippen molar-refractivity contribution in [3.8, 4) is 11.5 Å². The average molecular weight is 396 g/mol. The van der Waals surface area contributed by atoms with Gasteiger partial charge in [0.05, 0.1) is 18.8 Å². The molecule has 2 aromatic rings. The molecule has 0 unspecified atom stereocenters. The highest BCUT2D eigenvalue weighted by molar-refractivity contribution is 5.85. The quantitative estimate of drug-likeness (QED) is 0.642. The molecule has 3 rings (SSSR count). The summed E-state index contributed by atoms with van der Waals surface area (Å²) in [4.78, 5) is 25.0. The summed E-state index contributed by atoms with van der Waals surface area (Å²) >= 11 is 0. The molecule has 1 aliphatic carbocycles. The monoisotopic (exact) mass is 395 g/mol. The molecule has 0 radical (unpaired) electrons.